The highest BCUT2D eigenvalue weighted by atomic mass is 32.2. The number of anilines is 1. The lowest BCUT2D eigenvalue weighted by molar-refractivity contribution is -0.384. The summed E-state index contributed by atoms with van der Waals surface area (Å²) < 4.78 is 32.1. The Morgan fingerprint density at radius 2 is 1.85 bits per heavy atom. The van der Waals surface area contributed by atoms with Gasteiger partial charge in [0.15, 0.2) is 0 Å². The summed E-state index contributed by atoms with van der Waals surface area (Å²) >= 11 is 0. The number of methoxy groups -OCH3 is 1. The van der Waals surface area contributed by atoms with E-state index in [0.29, 0.717) is 0 Å². The van der Waals surface area contributed by atoms with E-state index in [4.69, 9.17) is 4.74 Å². The number of hydrogen-bond donors (Lipinski definition) is 1. The van der Waals surface area contributed by atoms with Crippen molar-refractivity contribution in [3.8, 4) is 0 Å². The molecule has 0 aromatic heterocycles. The van der Waals surface area contributed by atoms with E-state index in [9.17, 15) is 23.6 Å². The minimum atomic E-state index is -4.03. The molecule has 9 nitrogen and oxygen atoms in total. The summed E-state index contributed by atoms with van der Waals surface area (Å²) in [5.74, 6) is -0.580. The van der Waals surface area contributed by atoms with E-state index >= 15 is 0 Å². The molecule has 10 heteroatoms. The van der Waals surface area contributed by atoms with Crippen LogP contribution in [0.3, 0.4) is 0 Å². The smallest absolute Gasteiger partial charge is 0.269 e. The van der Waals surface area contributed by atoms with Crippen LogP contribution in [0.25, 0.3) is 0 Å². The van der Waals surface area contributed by atoms with Crippen LogP contribution in [0.1, 0.15) is 5.56 Å². The molecule has 2 aromatic rings. The van der Waals surface area contributed by atoms with Gasteiger partial charge in [-0.25, -0.2) is 8.42 Å². The van der Waals surface area contributed by atoms with Crippen molar-refractivity contribution in [2.75, 3.05) is 25.0 Å². The van der Waals surface area contributed by atoms with Crippen molar-refractivity contribution in [2.45, 2.75) is 4.90 Å². The van der Waals surface area contributed by atoms with Crippen LogP contribution in [-0.2, 0) is 14.8 Å². The molecule has 0 unspecified atom stereocenters. The van der Waals surface area contributed by atoms with E-state index in [0.717, 1.165) is 24.3 Å². The summed E-state index contributed by atoms with van der Waals surface area (Å²) in [7, 11) is -2.55. The van der Waals surface area contributed by atoms with Crippen molar-refractivity contribution >= 4 is 27.3 Å². The monoisotopic (exact) mass is 378 g/mol. The Morgan fingerprint density at radius 3 is 2.46 bits per heavy atom. The molecular weight excluding hydrogens is 362 g/mol. The van der Waals surface area contributed by atoms with Crippen molar-refractivity contribution in [1.29, 1.82) is 0 Å². The second-order valence-electron chi connectivity index (χ2n) is 5.08. The van der Waals surface area contributed by atoms with E-state index in [1.807, 2.05) is 0 Å². The first-order valence-corrected chi connectivity index (χ1v) is 8.90. The van der Waals surface area contributed by atoms with Gasteiger partial charge in [0.1, 0.15) is 0 Å². The Bertz CT molecular complexity index is 910. The minimum absolute atomic E-state index is 0.0667. The first-order valence-electron chi connectivity index (χ1n) is 7.42. The molecule has 0 saturated carbocycles. The molecule has 138 valence electrons. The lowest BCUT2D eigenvalue weighted by Gasteiger charge is -2.17. The first-order chi connectivity index (χ1) is 12.3. The van der Waals surface area contributed by atoms with Gasteiger partial charge >= 0.3 is 0 Å². The van der Waals surface area contributed by atoms with Gasteiger partial charge in [0.2, 0.25) is 0 Å². The molecule has 0 atom stereocenters. The zero-order valence-corrected chi connectivity index (χ0v) is 14.6. The van der Waals surface area contributed by atoms with Gasteiger partial charge in [0.05, 0.1) is 28.7 Å². The Hall–Kier alpha value is -2.98. The topological polar surface area (TPSA) is 134 Å². The molecule has 0 bridgehead atoms. The van der Waals surface area contributed by atoms with Crippen LogP contribution in [0.5, 0.6) is 0 Å². The van der Waals surface area contributed by atoms with Crippen LogP contribution in [0.4, 0.5) is 11.4 Å². The highest BCUT2D eigenvalue weighted by molar-refractivity contribution is 7.92. The Kier molecular flexibility index (Phi) is 6.26. The summed E-state index contributed by atoms with van der Waals surface area (Å²) in [4.78, 5) is 13.7. The average Bonchev–Trinajstić information content (AvgIpc) is 2.62. The fourth-order valence-corrected chi connectivity index (χ4v) is 3.11. The van der Waals surface area contributed by atoms with Gasteiger partial charge in [-0.1, -0.05) is 18.2 Å². The Morgan fingerprint density at radius 1 is 1.19 bits per heavy atom. The number of para-hydroxylation sites is 1. The van der Waals surface area contributed by atoms with Crippen LogP contribution in [-0.4, -0.2) is 39.5 Å². The standard InChI is InChI=1S/C16H17N3O6S/c1-25-11-10-17-16(20)14-4-2-3-5-15(14)18-26(23,24)13-8-6-12(7-9-13)19(21)22/h2-9,18H,10-11H2,1H3,(H,17,20)/p-1. The van der Waals surface area contributed by atoms with Crippen molar-refractivity contribution < 1.29 is 23.2 Å². The van der Waals surface area contributed by atoms with Crippen LogP contribution >= 0.6 is 0 Å². The lowest BCUT2D eigenvalue weighted by Crippen LogP contribution is -2.23. The number of sulfonamides is 1. The van der Waals surface area contributed by atoms with E-state index in [1.54, 1.807) is 12.1 Å². The number of nitro benzene ring substituents is 1. The number of non-ortho nitro benzene ring substituents is 1. The van der Waals surface area contributed by atoms with Crippen LogP contribution in [0.2, 0.25) is 0 Å². The van der Waals surface area contributed by atoms with E-state index in [-0.39, 0.29) is 35.0 Å². The summed E-state index contributed by atoms with van der Waals surface area (Å²) in [5, 5.41) is 22.8. The zero-order valence-electron chi connectivity index (χ0n) is 13.8. The summed E-state index contributed by atoms with van der Waals surface area (Å²) in [5.41, 5.74) is -0.0671. The second-order valence-corrected chi connectivity index (χ2v) is 6.76. The van der Waals surface area contributed by atoms with Crippen molar-refractivity contribution in [3.05, 3.63) is 64.2 Å². The van der Waals surface area contributed by atoms with Gasteiger partial charge in [-0.2, -0.15) is 0 Å². The summed E-state index contributed by atoms with van der Waals surface area (Å²) in [6.07, 6.45) is 0. The van der Waals surface area contributed by atoms with E-state index in [2.05, 4.69) is 9.71 Å². The largest absolute Gasteiger partial charge is 0.858 e. The number of aliphatic imine (C=N–C) groups is 1. The Balaban J connectivity index is 2.29. The number of nitrogens with zero attached hydrogens (tertiary/aromatic N) is 2. The van der Waals surface area contributed by atoms with Gasteiger partial charge in [-0.15, -0.1) is 0 Å². The highest BCUT2D eigenvalue weighted by Gasteiger charge is 2.17. The SMILES string of the molecule is COCCN=C([O-])c1ccccc1NS(=O)(=O)c1ccc([N+](=O)[O-])cc1. The number of rotatable bonds is 8. The average molecular weight is 378 g/mol. The quantitative estimate of drug-likeness (QED) is 0.241. The molecule has 0 saturated heterocycles. The number of ether oxygens (including phenoxy) is 1. The molecule has 0 heterocycles. The molecule has 0 aliphatic carbocycles. The minimum Gasteiger partial charge on any atom is -0.858 e. The van der Waals surface area contributed by atoms with Crippen molar-refractivity contribution in [1.82, 2.24) is 0 Å². The maximum Gasteiger partial charge on any atom is 0.269 e. The Labute approximate surface area is 150 Å². The number of nitro groups is 1. The third-order valence-electron chi connectivity index (χ3n) is 3.31. The number of nitrogens with one attached hydrogen (secondary N) is 1. The fourth-order valence-electron chi connectivity index (χ4n) is 2.03. The van der Waals surface area contributed by atoms with Crippen LogP contribution < -0.4 is 9.83 Å². The second kappa shape index (κ2) is 8.41. The third kappa shape index (κ3) is 4.77. The van der Waals surface area contributed by atoms with Crippen molar-refractivity contribution in [3.63, 3.8) is 0 Å². The number of benzene rings is 2. The molecule has 2 rings (SSSR count). The van der Waals surface area contributed by atoms with Crippen LogP contribution in [0.15, 0.2) is 58.4 Å². The van der Waals surface area contributed by atoms with E-state index in [1.165, 1.54) is 19.2 Å². The van der Waals surface area contributed by atoms with Gasteiger partial charge < -0.3 is 9.84 Å². The highest BCUT2D eigenvalue weighted by Crippen LogP contribution is 2.21. The lowest BCUT2D eigenvalue weighted by atomic mass is 10.2. The molecule has 0 radical (unpaired) electrons. The van der Waals surface area contributed by atoms with Gasteiger partial charge in [-0.3, -0.25) is 19.8 Å². The molecule has 0 spiro atoms. The molecule has 0 amide bonds. The molecule has 0 aliphatic rings. The molecule has 1 N–H and O–H groups in total. The third-order valence-corrected chi connectivity index (χ3v) is 4.69. The molecule has 2 aromatic carbocycles. The maximum absolute atomic E-state index is 12.5. The number of hydrogen-bond acceptors (Lipinski definition) is 7. The zero-order chi connectivity index (χ0) is 19.2. The van der Waals surface area contributed by atoms with Gasteiger partial charge in [0.25, 0.3) is 15.7 Å². The molecule has 0 fully saturated rings. The first kappa shape index (κ1) is 19.3. The predicted molar refractivity (Wildman–Crippen MR) is 93.6 cm³/mol. The normalized spacial score (nSPS) is 12.0. The maximum atomic E-state index is 12.5. The molecular formula is C16H16N3O6S-. The van der Waals surface area contributed by atoms with Crippen LogP contribution in [0, 0.1) is 10.1 Å². The summed E-state index contributed by atoms with van der Waals surface area (Å²) in [6, 6.07) is 10.5. The predicted octanol–water partition coefficient (Wildman–Crippen LogP) is 1.15. The van der Waals surface area contributed by atoms with E-state index < -0.39 is 20.8 Å². The fraction of sp³-hybridized carbons (Fsp3) is 0.188. The van der Waals surface area contributed by atoms with Crippen molar-refractivity contribution in [2.24, 2.45) is 4.99 Å². The molecule has 26 heavy (non-hydrogen) atoms. The summed E-state index contributed by atoms with van der Waals surface area (Å²) in [6.45, 7) is 0.418. The van der Waals surface area contributed by atoms with Gasteiger partial charge in [0, 0.05) is 24.8 Å². The molecule has 0 aliphatic heterocycles. The van der Waals surface area contributed by atoms with Gasteiger partial charge in [-0.05, 0) is 24.1 Å².